The Bertz CT molecular complexity index is 819. The highest BCUT2D eigenvalue weighted by Crippen LogP contribution is 2.17. The van der Waals surface area contributed by atoms with E-state index in [9.17, 15) is 4.79 Å². The molecule has 2 aromatic heterocycles. The summed E-state index contributed by atoms with van der Waals surface area (Å²) in [6.45, 7) is 4.66. The summed E-state index contributed by atoms with van der Waals surface area (Å²) in [7, 11) is 0. The number of aromatic nitrogens is 5. The van der Waals surface area contributed by atoms with Gasteiger partial charge in [0.15, 0.2) is 5.82 Å². The van der Waals surface area contributed by atoms with E-state index in [1.54, 1.807) is 29.1 Å². The molecule has 0 aliphatic rings. The van der Waals surface area contributed by atoms with E-state index in [1.807, 2.05) is 19.1 Å². The summed E-state index contributed by atoms with van der Waals surface area (Å²) in [4.78, 5) is 16.7. The number of aromatic amines is 1. The fourth-order valence-corrected chi connectivity index (χ4v) is 2.29. The van der Waals surface area contributed by atoms with Gasteiger partial charge in [-0.15, -0.1) is 0 Å². The molecule has 0 fully saturated rings. The maximum absolute atomic E-state index is 12.5. The number of aryl methyl sites for hydroxylation is 2. The van der Waals surface area contributed by atoms with Gasteiger partial charge in [-0.25, -0.2) is 9.67 Å². The first-order valence-electron chi connectivity index (χ1n) is 7.50. The summed E-state index contributed by atoms with van der Waals surface area (Å²) >= 11 is 0. The number of carbonyl (C=O) groups is 1. The summed E-state index contributed by atoms with van der Waals surface area (Å²) < 4.78 is 1.78. The maximum atomic E-state index is 12.5. The Balaban J connectivity index is 1.81. The second kappa shape index (κ2) is 6.43. The molecule has 1 aromatic carbocycles. The lowest BCUT2D eigenvalue weighted by atomic mass is 10.1. The largest absolute Gasteiger partial charge is 0.307 e. The molecule has 0 atom stereocenters. The lowest BCUT2D eigenvalue weighted by Crippen LogP contribution is -2.15. The summed E-state index contributed by atoms with van der Waals surface area (Å²) in [6, 6.07) is 9.02. The van der Waals surface area contributed by atoms with Crippen LogP contribution in [0.3, 0.4) is 0 Å². The SMILES string of the molecule is CCCn1nccc1NC(=O)c1cccc(-c2n[nH]c(C)n2)c1. The molecule has 0 spiro atoms. The van der Waals surface area contributed by atoms with Crippen LogP contribution in [0.15, 0.2) is 36.5 Å². The minimum atomic E-state index is -0.183. The second-order valence-electron chi connectivity index (χ2n) is 5.22. The van der Waals surface area contributed by atoms with Gasteiger partial charge < -0.3 is 5.32 Å². The number of hydrogen-bond donors (Lipinski definition) is 2. The van der Waals surface area contributed by atoms with Gasteiger partial charge in [0.2, 0.25) is 0 Å². The van der Waals surface area contributed by atoms with Crippen molar-refractivity contribution < 1.29 is 4.79 Å². The number of rotatable bonds is 5. The van der Waals surface area contributed by atoms with Crippen LogP contribution in [0.1, 0.15) is 29.5 Å². The molecule has 0 aliphatic carbocycles. The molecule has 3 aromatic rings. The average Bonchev–Trinajstić information content (AvgIpc) is 3.17. The highest BCUT2D eigenvalue weighted by molar-refractivity contribution is 6.04. The molecule has 0 saturated heterocycles. The maximum Gasteiger partial charge on any atom is 0.256 e. The van der Waals surface area contributed by atoms with Gasteiger partial charge >= 0.3 is 0 Å². The van der Waals surface area contributed by atoms with Crippen LogP contribution in [-0.2, 0) is 6.54 Å². The standard InChI is InChI=1S/C16H18N6O/c1-3-9-22-14(7-8-17-22)19-16(23)13-6-4-5-12(10-13)15-18-11(2)20-21-15/h4-8,10H,3,9H2,1-2H3,(H,19,23)(H,18,20,21). The van der Waals surface area contributed by atoms with Crippen molar-refractivity contribution in [2.24, 2.45) is 0 Å². The Morgan fingerprint density at radius 1 is 1.35 bits per heavy atom. The zero-order valence-electron chi connectivity index (χ0n) is 13.1. The highest BCUT2D eigenvalue weighted by atomic mass is 16.1. The van der Waals surface area contributed by atoms with Gasteiger partial charge in [0.1, 0.15) is 11.6 Å². The highest BCUT2D eigenvalue weighted by Gasteiger charge is 2.11. The predicted octanol–water partition coefficient (Wildman–Crippen LogP) is 2.64. The molecular weight excluding hydrogens is 292 g/mol. The Morgan fingerprint density at radius 2 is 2.22 bits per heavy atom. The third-order valence-corrected chi connectivity index (χ3v) is 3.37. The zero-order chi connectivity index (χ0) is 16.2. The zero-order valence-corrected chi connectivity index (χ0v) is 13.1. The minimum absolute atomic E-state index is 0.183. The fourth-order valence-electron chi connectivity index (χ4n) is 2.29. The van der Waals surface area contributed by atoms with Crippen LogP contribution in [0, 0.1) is 6.92 Å². The molecule has 2 heterocycles. The molecule has 7 nitrogen and oxygen atoms in total. The van der Waals surface area contributed by atoms with Crippen molar-refractivity contribution in [1.29, 1.82) is 0 Å². The minimum Gasteiger partial charge on any atom is -0.307 e. The van der Waals surface area contributed by atoms with E-state index in [-0.39, 0.29) is 5.91 Å². The van der Waals surface area contributed by atoms with Gasteiger partial charge in [0.05, 0.1) is 6.20 Å². The molecule has 0 aliphatic heterocycles. The van der Waals surface area contributed by atoms with Gasteiger partial charge in [-0.05, 0) is 25.5 Å². The Hall–Kier alpha value is -2.96. The van der Waals surface area contributed by atoms with Gasteiger partial charge in [-0.3, -0.25) is 9.89 Å². The molecule has 2 N–H and O–H groups in total. The molecule has 0 bridgehead atoms. The number of anilines is 1. The monoisotopic (exact) mass is 310 g/mol. The molecule has 7 heteroatoms. The summed E-state index contributed by atoms with van der Waals surface area (Å²) in [6.07, 6.45) is 2.63. The smallest absolute Gasteiger partial charge is 0.256 e. The number of hydrogen-bond acceptors (Lipinski definition) is 4. The number of nitrogens with zero attached hydrogens (tertiary/aromatic N) is 4. The average molecular weight is 310 g/mol. The van der Waals surface area contributed by atoms with Gasteiger partial charge in [0.25, 0.3) is 5.91 Å². The van der Waals surface area contributed by atoms with Gasteiger partial charge in [0, 0.05) is 23.7 Å². The molecule has 3 rings (SSSR count). The normalized spacial score (nSPS) is 10.7. The van der Waals surface area contributed by atoms with Crippen molar-refractivity contribution in [1.82, 2.24) is 25.0 Å². The lowest BCUT2D eigenvalue weighted by molar-refractivity contribution is 0.102. The van der Waals surface area contributed by atoms with E-state index in [0.717, 1.165) is 24.4 Å². The van der Waals surface area contributed by atoms with Crippen molar-refractivity contribution in [2.75, 3.05) is 5.32 Å². The topological polar surface area (TPSA) is 88.5 Å². The Kier molecular flexibility index (Phi) is 4.18. The quantitative estimate of drug-likeness (QED) is 0.758. The first kappa shape index (κ1) is 15.0. The number of nitrogens with one attached hydrogen (secondary N) is 2. The van der Waals surface area contributed by atoms with Gasteiger partial charge in [-0.2, -0.15) is 10.2 Å². The Morgan fingerprint density at radius 3 is 2.96 bits per heavy atom. The number of amides is 1. The molecule has 1 amide bonds. The summed E-state index contributed by atoms with van der Waals surface area (Å²) in [5, 5.41) is 14.0. The summed E-state index contributed by atoms with van der Waals surface area (Å²) in [5.74, 6) is 1.82. The van der Waals surface area contributed by atoms with E-state index in [4.69, 9.17) is 0 Å². The predicted molar refractivity (Wildman–Crippen MR) is 87.0 cm³/mol. The van der Waals surface area contributed by atoms with Crippen LogP contribution in [0.5, 0.6) is 0 Å². The molecule has 0 unspecified atom stereocenters. The Labute approximate surface area is 133 Å². The third kappa shape index (κ3) is 3.28. The van der Waals surface area contributed by atoms with E-state index in [2.05, 4.69) is 32.5 Å². The van der Waals surface area contributed by atoms with E-state index in [1.165, 1.54) is 0 Å². The van der Waals surface area contributed by atoms with Crippen molar-refractivity contribution in [3.05, 3.63) is 47.9 Å². The number of carbonyl (C=O) groups excluding carboxylic acids is 1. The fraction of sp³-hybridized carbons (Fsp3) is 0.250. The van der Waals surface area contributed by atoms with E-state index >= 15 is 0 Å². The lowest BCUT2D eigenvalue weighted by Gasteiger charge is -2.08. The molecule has 0 saturated carbocycles. The van der Waals surface area contributed by atoms with Crippen LogP contribution in [0.25, 0.3) is 11.4 Å². The first-order chi connectivity index (χ1) is 11.2. The van der Waals surface area contributed by atoms with E-state index < -0.39 is 0 Å². The van der Waals surface area contributed by atoms with Gasteiger partial charge in [-0.1, -0.05) is 19.1 Å². The van der Waals surface area contributed by atoms with Crippen molar-refractivity contribution in [3.8, 4) is 11.4 Å². The number of H-pyrrole nitrogens is 1. The van der Waals surface area contributed by atoms with Crippen molar-refractivity contribution >= 4 is 11.7 Å². The molecule has 0 radical (unpaired) electrons. The number of benzene rings is 1. The van der Waals surface area contributed by atoms with Crippen LogP contribution in [0.4, 0.5) is 5.82 Å². The van der Waals surface area contributed by atoms with Crippen LogP contribution < -0.4 is 5.32 Å². The van der Waals surface area contributed by atoms with E-state index in [0.29, 0.717) is 17.2 Å². The van der Waals surface area contributed by atoms with Crippen LogP contribution >= 0.6 is 0 Å². The van der Waals surface area contributed by atoms with Crippen molar-refractivity contribution in [3.63, 3.8) is 0 Å². The third-order valence-electron chi connectivity index (χ3n) is 3.37. The molecular formula is C16H18N6O. The van der Waals surface area contributed by atoms with Crippen LogP contribution in [0.2, 0.25) is 0 Å². The van der Waals surface area contributed by atoms with Crippen molar-refractivity contribution in [2.45, 2.75) is 26.8 Å². The molecule has 23 heavy (non-hydrogen) atoms. The summed E-state index contributed by atoms with van der Waals surface area (Å²) in [5.41, 5.74) is 1.35. The second-order valence-corrected chi connectivity index (χ2v) is 5.22. The first-order valence-corrected chi connectivity index (χ1v) is 7.50. The molecule has 118 valence electrons. The van der Waals surface area contributed by atoms with Crippen LogP contribution in [-0.4, -0.2) is 30.9 Å².